The van der Waals surface area contributed by atoms with Crippen LogP contribution in [0.25, 0.3) is 0 Å². The molecule has 0 aliphatic carbocycles. The van der Waals surface area contributed by atoms with Crippen LogP contribution in [-0.2, 0) is 12.8 Å². The summed E-state index contributed by atoms with van der Waals surface area (Å²) < 4.78 is 1.58. The van der Waals surface area contributed by atoms with E-state index in [9.17, 15) is 14.7 Å². The van der Waals surface area contributed by atoms with Crippen LogP contribution in [0.4, 0.5) is 5.69 Å². The fourth-order valence-corrected chi connectivity index (χ4v) is 5.03. The Balaban J connectivity index is 1.51. The quantitative estimate of drug-likeness (QED) is 0.132. The molecule has 4 N–H and O–H groups in total. The number of aliphatic hydroxyl groups excluding tert-OH is 1. The zero-order chi connectivity index (χ0) is 30.6. The number of thiol groups is 1. The van der Waals surface area contributed by atoms with Gasteiger partial charge >= 0.3 is 0 Å². The van der Waals surface area contributed by atoms with Crippen LogP contribution in [0.1, 0.15) is 50.4 Å². The Morgan fingerprint density at radius 3 is 1.74 bits per heavy atom. The molecule has 0 bridgehead atoms. The third-order valence-electron chi connectivity index (χ3n) is 7.32. The minimum atomic E-state index is -0.298. The molecule has 4 aromatic carbocycles. The molecular weight excluding hydrogens is 556 g/mol. The minimum absolute atomic E-state index is 0.0307. The number of nitrogens with zero attached hydrogens (tertiary/aromatic N) is 1. The summed E-state index contributed by atoms with van der Waals surface area (Å²) in [5, 5.41) is 19.7. The molecule has 7 nitrogen and oxygen atoms in total. The molecule has 0 aliphatic rings. The van der Waals surface area contributed by atoms with E-state index in [1.807, 2.05) is 97.9 Å². The van der Waals surface area contributed by atoms with Gasteiger partial charge in [-0.25, -0.2) is 0 Å². The average Bonchev–Trinajstić information content (AvgIpc) is 3.03. The number of hydrogen-bond donors (Lipinski definition) is 5. The number of aliphatic hydroxyl groups is 1. The SMILES string of the molecule is C[C@@H](NC(=O)c1cc(C(=O)NC(CN[C@H](CO)Cc2ccccc2)Cc2ccccc2)cc(N(C)S)c1)c1ccccc1. The Kier molecular flexibility index (Phi) is 11.8. The van der Waals surface area contributed by atoms with Crippen LogP contribution in [0.5, 0.6) is 0 Å². The Bertz CT molecular complexity index is 1450. The van der Waals surface area contributed by atoms with E-state index in [1.165, 1.54) is 0 Å². The van der Waals surface area contributed by atoms with Gasteiger partial charge in [0.1, 0.15) is 0 Å². The van der Waals surface area contributed by atoms with E-state index in [0.717, 1.165) is 16.7 Å². The normalized spacial score (nSPS) is 13.0. The lowest BCUT2D eigenvalue weighted by atomic mass is 10.0. The molecule has 224 valence electrons. The molecule has 0 heterocycles. The molecule has 2 amide bonds. The molecule has 0 aliphatic heterocycles. The summed E-state index contributed by atoms with van der Waals surface area (Å²) in [6.07, 6.45) is 1.26. The lowest BCUT2D eigenvalue weighted by Crippen LogP contribution is -2.47. The smallest absolute Gasteiger partial charge is 0.251 e. The van der Waals surface area contributed by atoms with Crippen molar-refractivity contribution in [2.24, 2.45) is 0 Å². The molecule has 0 radical (unpaired) electrons. The highest BCUT2D eigenvalue weighted by Gasteiger charge is 2.20. The minimum Gasteiger partial charge on any atom is -0.395 e. The molecule has 0 saturated heterocycles. The van der Waals surface area contributed by atoms with Crippen LogP contribution in [0.2, 0.25) is 0 Å². The summed E-state index contributed by atoms with van der Waals surface area (Å²) in [5.41, 5.74) is 4.54. The lowest BCUT2D eigenvalue weighted by Gasteiger charge is -2.24. The summed E-state index contributed by atoms with van der Waals surface area (Å²) in [4.78, 5) is 27.0. The van der Waals surface area contributed by atoms with Gasteiger partial charge in [0, 0.05) is 42.5 Å². The molecule has 0 fully saturated rings. The standard InChI is InChI=1S/C35H40N4O3S/c1-25(28-16-10-5-11-17-28)37-34(41)29-20-30(22-33(21-29)39(2)43)35(42)38-31(18-26-12-6-3-7-13-26)23-36-32(24-40)19-27-14-8-4-9-15-27/h3-17,20-22,25,31-32,36,40,43H,18-19,23-24H2,1-2H3,(H,37,41)(H,38,42)/t25-,31?,32+/m1/s1. The first-order valence-electron chi connectivity index (χ1n) is 14.5. The third kappa shape index (κ3) is 9.71. The van der Waals surface area contributed by atoms with Gasteiger partial charge in [-0.15, -0.1) is 0 Å². The van der Waals surface area contributed by atoms with E-state index in [4.69, 9.17) is 0 Å². The van der Waals surface area contributed by atoms with Crippen molar-refractivity contribution >= 4 is 30.3 Å². The molecule has 0 saturated carbocycles. The van der Waals surface area contributed by atoms with Crippen molar-refractivity contribution in [2.75, 3.05) is 24.5 Å². The van der Waals surface area contributed by atoms with Crippen LogP contribution >= 0.6 is 12.8 Å². The Morgan fingerprint density at radius 1 is 0.744 bits per heavy atom. The lowest BCUT2D eigenvalue weighted by molar-refractivity contribution is 0.0934. The highest BCUT2D eigenvalue weighted by Crippen LogP contribution is 2.21. The number of carbonyl (C=O) groups excluding carboxylic acids is 2. The van der Waals surface area contributed by atoms with Crippen LogP contribution in [-0.4, -0.2) is 49.2 Å². The van der Waals surface area contributed by atoms with Crippen molar-refractivity contribution in [3.63, 3.8) is 0 Å². The second-order valence-electron chi connectivity index (χ2n) is 10.7. The number of carbonyl (C=O) groups is 2. The van der Waals surface area contributed by atoms with Gasteiger partial charge in [-0.2, -0.15) is 0 Å². The first kappa shape index (κ1) is 31.8. The molecule has 4 rings (SSSR count). The van der Waals surface area contributed by atoms with Gasteiger partial charge in [0.2, 0.25) is 0 Å². The van der Waals surface area contributed by atoms with Crippen LogP contribution < -0.4 is 20.3 Å². The second-order valence-corrected chi connectivity index (χ2v) is 11.3. The summed E-state index contributed by atoms with van der Waals surface area (Å²) in [6, 6.07) is 34.1. The fraction of sp³-hybridized carbons (Fsp3) is 0.257. The predicted octanol–water partition coefficient (Wildman–Crippen LogP) is 4.99. The largest absolute Gasteiger partial charge is 0.395 e. The van der Waals surface area contributed by atoms with E-state index in [0.29, 0.717) is 36.2 Å². The maximum Gasteiger partial charge on any atom is 0.251 e. The van der Waals surface area contributed by atoms with Crippen LogP contribution in [0, 0.1) is 0 Å². The fourth-order valence-electron chi connectivity index (χ4n) is 4.92. The van der Waals surface area contributed by atoms with E-state index in [1.54, 1.807) is 29.6 Å². The van der Waals surface area contributed by atoms with Gasteiger partial charge in [-0.1, -0.05) is 104 Å². The molecule has 0 aromatic heterocycles. The van der Waals surface area contributed by atoms with Gasteiger partial charge in [0.05, 0.1) is 12.6 Å². The summed E-state index contributed by atoms with van der Waals surface area (Å²) in [7, 11) is 1.75. The first-order chi connectivity index (χ1) is 20.8. The maximum atomic E-state index is 13.7. The van der Waals surface area contributed by atoms with Crippen LogP contribution in [0.3, 0.4) is 0 Å². The van der Waals surface area contributed by atoms with Crippen molar-refractivity contribution in [1.29, 1.82) is 0 Å². The highest BCUT2D eigenvalue weighted by molar-refractivity contribution is 7.81. The molecule has 0 spiro atoms. The molecule has 43 heavy (non-hydrogen) atoms. The predicted molar refractivity (Wildman–Crippen MR) is 177 cm³/mol. The molecular formula is C35H40N4O3S. The van der Waals surface area contributed by atoms with E-state index in [2.05, 4.69) is 28.8 Å². The zero-order valence-electron chi connectivity index (χ0n) is 24.6. The molecule has 3 atom stereocenters. The van der Waals surface area contributed by atoms with Crippen molar-refractivity contribution in [3.8, 4) is 0 Å². The number of anilines is 1. The van der Waals surface area contributed by atoms with E-state index in [-0.39, 0.29) is 36.5 Å². The van der Waals surface area contributed by atoms with Gasteiger partial charge in [0.15, 0.2) is 0 Å². The van der Waals surface area contributed by atoms with E-state index >= 15 is 0 Å². The Morgan fingerprint density at radius 2 is 1.23 bits per heavy atom. The van der Waals surface area contributed by atoms with Gasteiger partial charge in [-0.05, 0) is 54.7 Å². The Hall–Kier alpha value is -4.11. The molecule has 8 heteroatoms. The monoisotopic (exact) mass is 596 g/mol. The topological polar surface area (TPSA) is 93.7 Å². The molecule has 1 unspecified atom stereocenters. The van der Waals surface area contributed by atoms with Gasteiger partial charge < -0.3 is 25.4 Å². The van der Waals surface area contributed by atoms with Gasteiger partial charge in [-0.3, -0.25) is 9.59 Å². The van der Waals surface area contributed by atoms with Crippen molar-refractivity contribution in [2.45, 2.75) is 37.9 Å². The summed E-state index contributed by atoms with van der Waals surface area (Å²) >= 11 is 4.43. The zero-order valence-corrected chi connectivity index (χ0v) is 25.5. The second kappa shape index (κ2) is 15.9. The van der Waals surface area contributed by atoms with Crippen molar-refractivity contribution in [1.82, 2.24) is 16.0 Å². The first-order valence-corrected chi connectivity index (χ1v) is 14.9. The number of hydrogen-bond acceptors (Lipinski definition) is 6. The van der Waals surface area contributed by atoms with E-state index < -0.39 is 0 Å². The van der Waals surface area contributed by atoms with Crippen molar-refractivity contribution in [3.05, 3.63) is 137 Å². The van der Waals surface area contributed by atoms with Gasteiger partial charge in [0.25, 0.3) is 11.8 Å². The van der Waals surface area contributed by atoms with Crippen molar-refractivity contribution < 1.29 is 14.7 Å². The summed E-state index contributed by atoms with van der Waals surface area (Å²) in [5.74, 6) is -0.579. The highest BCUT2D eigenvalue weighted by atomic mass is 32.1. The Labute approximate surface area is 259 Å². The maximum absolute atomic E-state index is 13.7. The van der Waals surface area contributed by atoms with Crippen LogP contribution in [0.15, 0.2) is 109 Å². The number of amides is 2. The summed E-state index contributed by atoms with van der Waals surface area (Å²) in [6.45, 7) is 2.35. The number of rotatable bonds is 14. The third-order valence-corrected chi connectivity index (χ3v) is 7.55. The molecule has 4 aromatic rings. The number of nitrogens with one attached hydrogen (secondary N) is 3. The average molecular weight is 597 g/mol. The number of benzene rings is 4.